The zero-order valence-corrected chi connectivity index (χ0v) is 11.0. The van der Waals surface area contributed by atoms with E-state index in [9.17, 15) is 0 Å². The Labute approximate surface area is 114 Å². The highest BCUT2D eigenvalue weighted by atomic mass is 32.2. The fourth-order valence-electron chi connectivity index (χ4n) is 0. The summed E-state index contributed by atoms with van der Waals surface area (Å²) < 4.78 is 4.25. The second-order valence-corrected chi connectivity index (χ2v) is 3.05. The van der Waals surface area contributed by atoms with E-state index in [1.807, 2.05) is 12.5 Å². The Kier molecular flexibility index (Phi) is 584. The van der Waals surface area contributed by atoms with Crippen molar-refractivity contribution in [1.29, 1.82) is 0 Å². The Balaban J connectivity index is -0.00000000821. The van der Waals surface area contributed by atoms with Crippen LogP contribution in [-0.4, -0.2) is 26.7 Å². The van der Waals surface area contributed by atoms with Crippen LogP contribution < -0.4 is 0 Å². The summed E-state index contributed by atoms with van der Waals surface area (Å²) in [6.07, 6.45) is 6.58. The maximum Gasteiger partial charge on any atom is 0.0351 e. The molecule has 0 N–H and O–H groups in total. The summed E-state index contributed by atoms with van der Waals surface area (Å²) in [5, 5.41) is 0. The fraction of sp³-hybridized carbons (Fsp3) is 1.00. The lowest BCUT2D eigenvalue weighted by Gasteiger charge is -1.61. The van der Waals surface area contributed by atoms with Crippen molar-refractivity contribution in [2.75, 3.05) is 26.7 Å². The molecule has 0 saturated heterocycles. The lowest BCUT2D eigenvalue weighted by atomic mass is 10.6. The normalized spacial score (nSPS) is 4.50. The summed E-state index contributed by atoms with van der Waals surface area (Å²) in [5.74, 6) is 0. The number of ether oxygens (including phenoxy) is 1. The van der Waals surface area contributed by atoms with Crippen LogP contribution in [0.4, 0.5) is 0 Å². The standard InChI is InChI=1S/2C3H8.C2H6O.C2H6S.4CH4/c4*1-3-2;;;;/h2*3H2,1-2H3;2*1-2H3;4*1H4. The predicted octanol–water partition coefficient (Wildman–Crippen LogP) is 6.62. The molecule has 0 atom stereocenters. The predicted molar refractivity (Wildman–Crippen MR) is 91.2 cm³/mol. The van der Waals surface area contributed by atoms with Gasteiger partial charge in [-0.3, -0.25) is 0 Å². The molecule has 16 heavy (non-hydrogen) atoms. The number of hydrogen-bond acceptors (Lipinski definition) is 2. The van der Waals surface area contributed by atoms with Gasteiger partial charge in [0.25, 0.3) is 0 Å². The van der Waals surface area contributed by atoms with E-state index < -0.39 is 0 Å². The summed E-state index contributed by atoms with van der Waals surface area (Å²) in [4.78, 5) is 0. The molecule has 0 radical (unpaired) electrons. The van der Waals surface area contributed by atoms with Gasteiger partial charge in [-0.05, 0) is 12.5 Å². The topological polar surface area (TPSA) is 9.23 Å². The molecule has 0 saturated carbocycles. The van der Waals surface area contributed by atoms with Crippen molar-refractivity contribution in [3.05, 3.63) is 0 Å². The van der Waals surface area contributed by atoms with Gasteiger partial charge in [0.15, 0.2) is 0 Å². The Morgan fingerprint density at radius 2 is 0.688 bits per heavy atom. The summed E-state index contributed by atoms with van der Waals surface area (Å²) in [6, 6.07) is 0. The molecule has 0 fully saturated rings. The third-order valence-electron chi connectivity index (χ3n) is 0. The molecular weight excluding hydrogens is 216 g/mol. The van der Waals surface area contributed by atoms with Gasteiger partial charge in [-0.15, -0.1) is 0 Å². The zero-order chi connectivity index (χ0) is 10.8. The van der Waals surface area contributed by atoms with E-state index >= 15 is 0 Å². The summed E-state index contributed by atoms with van der Waals surface area (Å²) >= 11 is 1.75. The highest BCUT2D eigenvalue weighted by Gasteiger charge is 1.36. The van der Waals surface area contributed by atoms with Crippen LogP contribution in [0.5, 0.6) is 0 Å². The van der Waals surface area contributed by atoms with Gasteiger partial charge in [0.2, 0.25) is 0 Å². The number of rotatable bonds is 0. The van der Waals surface area contributed by atoms with Gasteiger partial charge < -0.3 is 4.74 Å². The molecule has 0 aromatic rings. The van der Waals surface area contributed by atoms with Gasteiger partial charge in [0.1, 0.15) is 0 Å². The van der Waals surface area contributed by atoms with Crippen molar-refractivity contribution >= 4 is 11.8 Å². The largest absolute Gasteiger partial charge is 0.388 e. The molecule has 0 spiro atoms. The third kappa shape index (κ3) is 26400. The van der Waals surface area contributed by atoms with Crippen molar-refractivity contribution in [2.24, 2.45) is 0 Å². The highest BCUT2D eigenvalue weighted by molar-refractivity contribution is 7.97. The molecule has 0 aromatic carbocycles. The van der Waals surface area contributed by atoms with Crippen LogP contribution in [-0.2, 0) is 4.74 Å². The van der Waals surface area contributed by atoms with E-state index in [0.29, 0.717) is 0 Å². The molecule has 0 unspecified atom stereocenters. The second-order valence-electron chi connectivity index (χ2n) is 2.23. The van der Waals surface area contributed by atoms with Gasteiger partial charge in [0.05, 0.1) is 0 Å². The van der Waals surface area contributed by atoms with Crippen LogP contribution in [0.3, 0.4) is 0 Å². The van der Waals surface area contributed by atoms with Crippen LogP contribution in [0.15, 0.2) is 0 Å². The van der Waals surface area contributed by atoms with Gasteiger partial charge >= 0.3 is 0 Å². The minimum atomic E-state index is 0. The van der Waals surface area contributed by atoms with Gasteiger partial charge in [-0.25, -0.2) is 0 Å². The van der Waals surface area contributed by atoms with Crippen LogP contribution in [0.1, 0.15) is 70.2 Å². The highest BCUT2D eigenvalue weighted by Crippen LogP contribution is 1.70. The van der Waals surface area contributed by atoms with E-state index in [2.05, 4.69) is 32.4 Å². The van der Waals surface area contributed by atoms with Crippen molar-refractivity contribution in [3.63, 3.8) is 0 Å². The van der Waals surface area contributed by atoms with Gasteiger partial charge in [-0.1, -0.05) is 70.2 Å². The third-order valence-corrected chi connectivity index (χ3v) is 0. The number of thioether (sulfide) groups is 1. The maximum atomic E-state index is 4.25. The van der Waals surface area contributed by atoms with E-state index in [1.165, 1.54) is 12.8 Å². The maximum absolute atomic E-state index is 4.25. The monoisotopic (exact) mass is 260 g/mol. The Bertz CT molecular complexity index is 18.7. The molecule has 112 valence electrons. The van der Waals surface area contributed by atoms with E-state index in [-0.39, 0.29) is 29.7 Å². The van der Waals surface area contributed by atoms with Crippen molar-refractivity contribution in [3.8, 4) is 0 Å². The Morgan fingerprint density at radius 1 is 0.688 bits per heavy atom. The molecule has 0 aliphatic carbocycles. The van der Waals surface area contributed by atoms with Crippen molar-refractivity contribution in [2.45, 2.75) is 70.2 Å². The van der Waals surface area contributed by atoms with Crippen molar-refractivity contribution in [1.82, 2.24) is 0 Å². The first-order valence-corrected chi connectivity index (χ1v) is 6.09. The minimum Gasteiger partial charge on any atom is -0.388 e. The average molecular weight is 261 g/mol. The van der Waals surface area contributed by atoms with Gasteiger partial charge in [-0.2, -0.15) is 11.8 Å². The van der Waals surface area contributed by atoms with Crippen LogP contribution in [0.2, 0.25) is 0 Å². The molecule has 2 heteroatoms. The van der Waals surface area contributed by atoms with Gasteiger partial charge in [0, 0.05) is 14.2 Å². The van der Waals surface area contributed by atoms with Crippen molar-refractivity contribution < 1.29 is 4.74 Å². The van der Waals surface area contributed by atoms with Crippen LogP contribution in [0, 0.1) is 0 Å². The second kappa shape index (κ2) is 169. The smallest absolute Gasteiger partial charge is 0.0351 e. The number of methoxy groups -OCH3 is 1. The molecule has 0 rings (SSSR count). The lowest BCUT2D eigenvalue weighted by molar-refractivity contribution is 0.277. The SMILES string of the molecule is C.C.C.C.CCC.CCC.COC.CSC. The molecule has 1 nitrogen and oxygen atoms in total. The molecule has 0 aliphatic heterocycles. The molecule has 0 aliphatic rings. The number of hydrogen-bond donors (Lipinski definition) is 0. The Hall–Kier alpha value is 0.310. The summed E-state index contributed by atoms with van der Waals surface area (Å²) in [5.41, 5.74) is 0. The van der Waals surface area contributed by atoms with Crippen LogP contribution >= 0.6 is 11.8 Å². The first-order valence-electron chi connectivity index (χ1n) is 4.46. The van der Waals surface area contributed by atoms with E-state index in [1.54, 1.807) is 26.0 Å². The first kappa shape index (κ1) is 55.4. The lowest BCUT2D eigenvalue weighted by Crippen LogP contribution is -1.55. The zero-order valence-electron chi connectivity index (χ0n) is 10.2. The van der Waals surface area contributed by atoms with E-state index in [4.69, 9.17) is 0 Å². The van der Waals surface area contributed by atoms with E-state index in [0.717, 1.165) is 0 Å². The average Bonchev–Trinajstić information content (AvgIpc) is 1.92. The molecule has 0 heterocycles. The molecule has 0 amide bonds. The van der Waals surface area contributed by atoms with Crippen LogP contribution in [0.25, 0.3) is 0 Å². The summed E-state index contributed by atoms with van der Waals surface area (Å²) in [7, 11) is 3.25. The molecule has 0 bridgehead atoms. The molecule has 0 aromatic heterocycles. The minimum absolute atomic E-state index is 0. The first-order chi connectivity index (χ1) is 5.66. The fourth-order valence-corrected chi connectivity index (χ4v) is 0. The quantitative estimate of drug-likeness (QED) is 0.484. The Morgan fingerprint density at radius 3 is 0.688 bits per heavy atom. The summed E-state index contributed by atoms with van der Waals surface area (Å²) in [6.45, 7) is 8.50. The molecular formula is C14H44OS.